The van der Waals surface area contributed by atoms with Gasteiger partial charge in [0.15, 0.2) is 5.16 Å². The zero-order chi connectivity index (χ0) is 19.1. The van der Waals surface area contributed by atoms with Crippen molar-refractivity contribution in [2.75, 3.05) is 11.9 Å². The minimum Gasteiger partial charge on any atom is -0.493 e. The number of aromatic nitrogens is 2. The second kappa shape index (κ2) is 9.19. The van der Waals surface area contributed by atoms with Gasteiger partial charge in [0.05, 0.1) is 13.0 Å². The lowest BCUT2D eigenvalue weighted by Crippen LogP contribution is -2.15. The molecule has 1 aromatic heterocycles. The highest BCUT2D eigenvalue weighted by Crippen LogP contribution is 2.26. The first kappa shape index (κ1) is 18.9. The summed E-state index contributed by atoms with van der Waals surface area (Å²) in [6.07, 6.45) is 0.293. The maximum Gasteiger partial charge on any atom is 0.227 e. The fourth-order valence-corrected chi connectivity index (χ4v) is 3.31. The van der Waals surface area contributed by atoms with E-state index < -0.39 is 0 Å². The van der Waals surface area contributed by atoms with Crippen LogP contribution in [0.3, 0.4) is 0 Å². The van der Waals surface area contributed by atoms with Gasteiger partial charge in [-0.25, -0.2) is 9.97 Å². The molecule has 0 atom stereocenters. The number of benzene rings is 2. The second-order valence-corrected chi connectivity index (χ2v) is 7.06. The van der Waals surface area contributed by atoms with E-state index in [0.29, 0.717) is 13.0 Å². The van der Waals surface area contributed by atoms with E-state index >= 15 is 0 Å². The van der Waals surface area contributed by atoms with E-state index in [9.17, 15) is 4.79 Å². The summed E-state index contributed by atoms with van der Waals surface area (Å²) in [5, 5.41) is 3.60. The molecule has 2 aromatic carbocycles. The molecule has 0 fully saturated rings. The molecule has 1 N–H and O–H groups in total. The Morgan fingerprint density at radius 2 is 1.67 bits per heavy atom. The highest BCUT2D eigenvalue weighted by molar-refractivity contribution is 7.99. The third-order valence-corrected chi connectivity index (χ3v) is 4.52. The first-order valence-electron chi connectivity index (χ1n) is 8.66. The Balaban J connectivity index is 1.49. The van der Waals surface area contributed by atoms with Crippen molar-refractivity contribution in [3.05, 3.63) is 72.1 Å². The molecule has 0 aliphatic carbocycles. The van der Waals surface area contributed by atoms with Gasteiger partial charge in [-0.15, -0.1) is 0 Å². The third kappa shape index (κ3) is 6.11. The van der Waals surface area contributed by atoms with Crippen LogP contribution in [0.15, 0.2) is 70.7 Å². The number of carbonyl (C=O) groups is 1. The van der Waals surface area contributed by atoms with Gasteiger partial charge < -0.3 is 10.1 Å². The number of amides is 1. The first-order valence-corrected chi connectivity index (χ1v) is 9.48. The molecule has 1 amide bonds. The predicted molar refractivity (Wildman–Crippen MR) is 107 cm³/mol. The lowest BCUT2D eigenvalue weighted by Gasteiger charge is -2.08. The molecular weight excluding hydrogens is 358 g/mol. The lowest BCUT2D eigenvalue weighted by molar-refractivity contribution is -0.116. The van der Waals surface area contributed by atoms with Crippen molar-refractivity contribution < 1.29 is 9.53 Å². The molecule has 0 bridgehead atoms. The number of nitrogens with one attached hydrogen (secondary N) is 1. The molecule has 0 saturated carbocycles. The summed E-state index contributed by atoms with van der Waals surface area (Å²) in [5.41, 5.74) is 2.66. The van der Waals surface area contributed by atoms with Crippen LogP contribution < -0.4 is 10.1 Å². The maximum atomic E-state index is 12.0. The second-order valence-electron chi connectivity index (χ2n) is 6.02. The molecule has 0 unspecified atom stereocenters. The summed E-state index contributed by atoms with van der Waals surface area (Å²) < 4.78 is 5.54. The van der Waals surface area contributed by atoms with E-state index in [1.54, 1.807) is 0 Å². The summed E-state index contributed by atoms with van der Waals surface area (Å²) in [6, 6.07) is 19.1. The monoisotopic (exact) mass is 379 g/mol. The average Bonchev–Trinajstić information content (AvgIpc) is 2.63. The van der Waals surface area contributed by atoms with Crippen molar-refractivity contribution in [2.24, 2.45) is 0 Å². The van der Waals surface area contributed by atoms with E-state index in [1.165, 1.54) is 11.8 Å². The Morgan fingerprint density at radius 1 is 1.00 bits per heavy atom. The molecule has 27 heavy (non-hydrogen) atoms. The smallest absolute Gasteiger partial charge is 0.227 e. The number of nitrogens with zero attached hydrogens (tertiary/aromatic N) is 2. The van der Waals surface area contributed by atoms with Crippen molar-refractivity contribution in [1.82, 2.24) is 9.97 Å². The quantitative estimate of drug-likeness (QED) is 0.605. The molecular formula is C21H21N3O2S. The highest BCUT2D eigenvalue weighted by atomic mass is 32.2. The molecule has 0 aliphatic heterocycles. The summed E-state index contributed by atoms with van der Waals surface area (Å²) in [5.74, 6) is 0.684. The normalized spacial score (nSPS) is 10.4. The zero-order valence-corrected chi connectivity index (χ0v) is 16.1. The van der Waals surface area contributed by atoms with Gasteiger partial charge in [-0.3, -0.25) is 4.79 Å². The van der Waals surface area contributed by atoms with Crippen LogP contribution in [0, 0.1) is 13.8 Å². The minimum atomic E-state index is -0.0797. The number of hydrogen-bond acceptors (Lipinski definition) is 5. The number of rotatable bonds is 7. The Morgan fingerprint density at radius 3 is 2.33 bits per heavy atom. The fraction of sp³-hybridized carbons (Fsp3) is 0.190. The average molecular weight is 379 g/mol. The van der Waals surface area contributed by atoms with Gasteiger partial charge >= 0.3 is 0 Å². The summed E-state index contributed by atoms with van der Waals surface area (Å²) in [7, 11) is 0. The van der Waals surface area contributed by atoms with Gasteiger partial charge in [0.2, 0.25) is 5.91 Å². The molecule has 138 valence electrons. The van der Waals surface area contributed by atoms with Crippen molar-refractivity contribution in [1.29, 1.82) is 0 Å². The van der Waals surface area contributed by atoms with Crippen LogP contribution in [0.1, 0.15) is 17.8 Å². The van der Waals surface area contributed by atoms with Crippen LogP contribution >= 0.6 is 11.8 Å². The molecule has 5 nitrogen and oxygen atoms in total. The van der Waals surface area contributed by atoms with Crippen LogP contribution in [0.5, 0.6) is 5.75 Å². The fourth-order valence-electron chi connectivity index (χ4n) is 2.45. The van der Waals surface area contributed by atoms with Crippen molar-refractivity contribution in [2.45, 2.75) is 30.3 Å². The number of carbonyl (C=O) groups excluding carboxylic acids is 1. The molecule has 0 saturated heterocycles. The Labute approximate surface area is 163 Å². The summed E-state index contributed by atoms with van der Waals surface area (Å²) in [4.78, 5) is 21.9. The van der Waals surface area contributed by atoms with E-state index in [4.69, 9.17) is 4.74 Å². The molecule has 6 heteroatoms. The Bertz CT molecular complexity index is 879. The number of anilines is 1. The topological polar surface area (TPSA) is 64.1 Å². The number of ether oxygens (including phenoxy) is 1. The van der Waals surface area contributed by atoms with Crippen LogP contribution in [0.4, 0.5) is 5.69 Å². The van der Waals surface area contributed by atoms with Gasteiger partial charge in [0.1, 0.15) is 5.75 Å². The van der Waals surface area contributed by atoms with Crippen molar-refractivity contribution in [3.63, 3.8) is 0 Å². The molecule has 1 heterocycles. The summed E-state index contributed by atoms with van der Waals surface area (Å²) >= 11 is 1.50. The predicted octanol–water partition coefficient (Wildman–Crippen LogP) is 4.65. The minimum absolute atomic E-state index is 0.0797. The number of hydrogen-bond donors (Lipinski definition) is 1. The van der Waals surface area contributed by atoms with Gasteiger partial charge in [0.25, 0.3) is 0 Å². The van der Waals surface area contributed by atoms with Gasteiger partial charge in [-0.1, -0.05) is 18.2 Å². The largest absolute Gasteiger partial charge is 0.493 e. The van der Waals surface area contributed by atoms with E-state index in [-0.39, 0.29) is 5.91 Å². The van der Waals surface area contributed by atoms with Gasteiger partial charge in [0, 0.05) is 22.0 Å². The first-order chi connectivity index (χ1) is 13.1. The van der Waals surface area contributed by atoms with E-state index in [1.807, 2.05) is 74.5 Å². The number of para-hydroxylation sites is 1. The number of aryl methyl sites for hydroxylation is 2. The maximum absolute atomic E-state index is 12.0. The highest BCUT2D eigenvalue weighted by Gasteiger charge is 2.05. The van der Waals surface area contributed by atoms with Crippen LogP contribution in [-0.4, -0.2) is 22.5 Å². The molecule has 0 radical (unpaired) electrons. The summed E-state index contributed by atoms with van der Waals surface area (Å²) in [6.45, 7) is 4.26. The molecule has 3 aromatic rings. The van der Waals surface area contributed by atoms with Gasteiger partial charge in [-0.2, -0.15) is 0 Å². The van der Waals surface area contributed by atoms with Crippen LogP contribution in [0.25, 0.3) is 0 Å². The standard InChI is InChI=1S/C21H21N3O2S/c1-15-14-16(2)23-21(22-15)27-19-10-8-17(9-11-19)24-20(25)12-13-26-18-6-4-3-5-7-18/h3-11,14H,12-13H2,1-2H3,(H,24,25). The third-order valence-electron chi connectivity index (χ3n) is 3.65. The molecule has 0 spiro atoms. The van der Waals surface area contributed by atoms with Crippen LogP contribution in [0.2, 0.25) is 0 Å². The van der Waals surface area contributed by atoms with Gasteiger partial charge in [-0.05, 0) is 68.1 Å². The Kier molecular flexibility index (Phi) is 6.44. The SMILES string of the molecule is Cc1cc(C)nc(Sc2ccc(NC(=O)CCOc3ccccc3)cc2)n1. The lowest BCUT2D eigenvalue weighted by atomic mass is 10.3. The molecule has 3 rings (SSSR count). The van der Waals surface area contributed by atoms with Crippen LogP contribution in [-0.2, 0) is 4.79 Å². The van der Waals surface area contributed by atoms with E-state index in [2.05, 4.69) is 15.3 Å². The van der Waals surface area contributed by atoms with Crippen molar-refractivity contribution >= 4 is 23.4 Å². The Hall–Kier alpha value is -2.86. The van der Waals surface area contributed by atoms with Crippen molar-refractivity contribution in [3.8, 4) is 5.75 Å². The zero-order valence-electron chi connectivity index (χ0n) is 15.3. The van der Waals surface area contributed by atoms with E-state index in [0.717, 1.165) is 32.9 Å². The molecule has 0 aliphatic rings.